The van der Waals surface area contributed by atoms with Gasteiger partial charge in [0.05, 0.1) is 0 Å². The second-order valence-corrected chi connectivity index (χ2v) is 10.1. The van der Waals surface area contributed by atoms with Crippen molar-refractivity contribution in [2.45, 2.75) is 37.0 Å². The minimum absolute atomic E-state index is 0.0337. The highest BCUT2D eigenvalue weighted by molar-refractivity contribution is 9.10. The minimum Gasteiger partial charge on any atom is -0.356 e. The van der Waals surface area contributed by atoms with Gasteiger partial charge in [0.15, 0.2) is 0 Å². The third-order valence-corrected chi connectivity index (χ3v) is 8.01. The molecule has 0 saturated carbocycles. The smallest absolute Gasteiger partial charge is 0.356 e. The first-order chi connectivity index (χ1) is 16.5. The number of benzene rings is 2. The van der Waals surface area contributed by atoms with Crippen LogP contribution in [0.1, 0.15) is 36.3 Å². The summed E-state index contributed by atoms with van der Waals surface area (Å²) in [6, 6.07) is 9.35. The van der Waals surface area contributed by atoms with Crippen molar-refractivity contribution in [3.05, 3.63) is 69.7 Å². The molecule has 0 radical (unpaired) electrons. The molecule has 1 spiro atoms. The van der Waals surface area contributed by atoms with Crippen LogP contribution in [0.5, 0.6) is 0 Å². The summed E-state index contributed by atoms with van der Waals surface area (Å²) >= 11 is 3.07. The Balaban J connectivity index is 1.63. The second kappa shape index (κ2) is 9.78. The Morgan fingerprint density at radius 1 is 1.09 bits per heavy atom. The summed E-state index contributed by atoms with van der Waals surface area (Å²) in [4.78, 5) is 14.6. The standard InChI is InChI=1S/C25H26BrF5N2O2/c1-35-24(25(29,30)31,19-14-17(26)4-7-21(19)28)22(34)33-12-9-23(10-13-33)8-11-32-15-20(23)16-2-5-18(27)6-3-16/h2-7,14,20,32H,8-13,15H2,1H3/t20-,24?/m0/s1. The number of methoxy groups -OCH3 is 1. The van der Waals surface area contributed by atoms with Crippen molar-refractivity contribution in [1.29, 1.82) is 0 Å². The molecular weight excluding hydrogens is 535 g/mol. The SMILES string of the molecule is COC(C(=O)N1CCC2(CCNC[C@H]2c2ccc(F)cc2)CC1)(c1cc(Br)ccc1F)C(F)(F)F. The van der Waals surface area contributed by atoms with Gasteiger partial charge in [-0.1, -0.05) is 28.1 Å². The zero-order valence-corrected chi connectivity index (χ0v) is 20.7. The molecule has 35 heavy (non-hydrogen) atoms. The Morgan fingerprint density at radius 3 is 2.34 bits per heavy atom. The van der Waals surface area contributed by atoms with Crippen LogP contribution in [0.25, 0.3) is 0 Å². The Labute approximate surface area is 209 Å². The number of nitrogens with one attached hydrogen (secondary N) is 1. The van der Waals surface area contributed by atoms with Crippen molar-refractivity contribution >= 4 is 21.8 Å². The van der Waals surface area contributed by atoms with E-state index in [0.717, 1.165) is 42.7 Å². The van der Waals surface area contributed by atoms with E-state index in [-0.39, 0.29) is 34.7 Å². The van der Waals surface area contributed by atoms with Crippen LogP contribution in [-0.4, -0.2) is 50.3 Å². The van der Waals surface area contributed by atoms with Gasteiger partial charge in [0.2, 0.25) is 0 Å². The van der Waals surface area contributed by atoms with E-state index in [1.54, 1.807) is 12.1 Å². The average molecular weight is 561 g/mol. The number of halogens is 6. The van der Waals surface area contributed by atoms with E-state index in [1.165, 1.54) is 18.2 Å². The Bertz CT molecular complexity index is 1070. The number of carbonyl (C=O) groups is 1. The number of rotatable bonds is 4. The lowest BCUT2D eigenvalue weighted by atomic mass is 9.62. The van der Waals surface area contributed by atoms with Crippen molar-refractivity contribution in [3.8, 4) is 0 Å². The molecule has 1 unspecified atom stereocenters. The lowest BCUT2D eigenvalue weighted by molar-refractivity contribution is -0.271. The fourth-order valence-electron chi connectivity index (χ4n) is 5.59. The number of carbonyl (C=O) groups excluding carboxylic acids is 1. The van der Waals surface area contributed by atoms with Gasteiger partial charge >= 0.3 is 6.18 Å². The molecule has 0 aromatic heterocycles. The van der Waals surface area contributed by atoms with Crippen LogP contribution >= 0.6 is 15.9 Å². The topological polar surface area (TPSA) is 41.6 Å². The third kappa shape index (κ3) is 4.60. The van der Waals surface area contributed by atoms with Crippen LogP contribution in [-0.2, 0) is 15.1 Å². The molecule has 4 rings (SSSR count). The maximum atomic E-state index is 14.7. The molecule has 1 amide bonds. The summed E-state index contributed by atoms with van der Waals surface area (Å²) in [5.41, 5.74) is -3.63. The summed E-state index contributed by atoms with van der Waals surface area (Å²) in [5, 5.41) is 3.35. The number of amides is 1. The molecule has 2 saturated heterocycles. The van der Waals surface area contributed by atoms with Gasteiger partial charge in [-0.25, -0.2) is 8.78 Å². The Hall–Kier alpha value is -2.04. The quantitative estimate of drug-likeness (QED) is 0.501. The van der Waals surface area contributed by atoms with Crippen LogP contribution in [0, 0.1) is 17.0 Å². The predicted octanol–water partition coefficient (Wildman–Crippen LogP) is 5.52. The molecule has 0 bridgehead atoms. The number of piperidine rings is 2. The van der Waals surface area contributed by atoms with Gasteiger partial charge in [-0.3, -0.25) is 4.79 Å². The first-order valence-electron chi connectivity index (χ1n) is 11.4. The zero-order valence-electron chi connectivity index (χ0n) is 19.1. The normalized spacial score (nSPS) is 22.1. The maximum Gasteiger partial charge on any atom is 0.431 e. The maximum absolute atomic E-state index is 14.7. The molecule has 190 valence electrons. The van der Waals surface area contributed by atoms with E-state index < -0.39 is 29.1 Å². The number of likely N-dealkylation sites (tertiary alicyclic amines) is 1. The van der Waals surface area contributed by atoms with Crippen molar-refractivity contribution in [1.82, 2.24) is 10.2 Å². The highest BCUT2D eigenvalue weighted by Gasteiger charge is 2.65. The molecule has 0 aliphatic carbocycles. The fourth-order valence-corrected chi connectivity index (χ4v) is 5.95. The molecule has 2 atom stereocenters. The second-order valence-electron chi connectivity index (χ2n) is 9.22. The fraction of sp³-hybridized carbons (Fsp3) is 0.480. The first-order valence-corrected chi connectivity index (χ1v) is 12.2. The molecule has 2 aliphatic rings. The zero-order chi connectivity index (χ0) is 25.4. The van der Waals surface area contributed by atoms with E-state index in [4.69, 9.17) is 4.74 Å². The molecule has 2 aromatic rings. The minimum atomic E-state index is -5.19. The third-order valence-electron chi connectivity index (χ3n) is 7.52. The van der Waals surface area contributed by atoms with Gasteiger partial charge in [0, 0.05) is 42.7 Å². The van der Waals surface area contributed by atoms with Gasteiger partial charge in [0.25, 0.3) is 11.5 Å². The lowest BCUT2D eigenvalue weighted by Gasteiger charge is -2.50. The van der Waals surface area contributed by atoms with E-state index in [9.17, 15) is 26.7 Å². The van der Waals surface area contributed by atoms with Gasteiger partial charge in [-0.05, 0) is 67.1 Å². The monoisotopic (exact) mass is 560 g/mol. The number of alkyl halides is 3. The van der Waals surface area contributed by atoms with E-state index >= 15 is 0 Å². The van der Waals surface area contributed by atoms with Crippen LogP contribution in [0.2, 0.25) is 0 Å². The van der Waals surface area contributed by atoms with E-state index in [2.05, 4.69) is 21.2 Å². The first kappa shape index (κ1) is 26.0. The molecule has 2 fully saturated rings. The Kier molecular flexibility index (Phi) is 7.28. The lowest BCUT2D eigenvalue weighted by Crippen LogP contribution is -2.60. The largest absolute Gasteiger partial charge is 0.431 e. The number of hydrogen-bond acceptors (Lipinski definition) is 3. The van der Waals surface area contributed by atoms with Gasteiger partial charge in [0.1, 0.15) is 11.6 Å². The van der Waals surface area contributed by atoms with Crippen LogP contribution < -0.4 is 5.32 Å². The summed E-state index contributed by atoms with van der Waals surface area (Å²) in [7, 11) is 0.772. The summed E-state index contributed by atoms with van der Waals surface area (Å²) in [6.07, 6.45) is -3.46. The molecule has 2 aromatic carbocycles. The number of hydrogen-bond donors (Lipinski definition) is 1. The summed E-state index contributed by atoms with van der Waals surface area (Å²) < 4.78 is 76.5. The van der Waals surface area contributed by atoms with Crippen LogP contribution in [0.3, 0.4) is 0 Å². The number of nitrogens with zero attached hydrogens (tertiary/aromatic N) is 1. The van der Waals surface area contributed by atoms with Gasteiger partial charge in [-0.2, -0.15) is 13.2 Å². The number of ether oxygens (including phenoxy) is 1. The molecule has 2 aliphatic heterocycles. The predicted molar refractivity (Wildman–Crippen MR) is 124 cm³/mol. The highest BCUT2D eigenvalue weighted by atomic mass is 79.9. The van der Waals surface area contributed by atoms with Crippen LogP contribution in [0.4, 0.5) is 22.0 Å². The van der Waals surface area contributed by atoms with Crippen molar-refractivity contribution in [2.75, 3.05) is 33.3 Å². The molecule has 1 N–H and O–H groups in total. The van der Waals surface area contributed by atoms with Crippen molar-refractivity contribution in [3.63, 3.8) is 0 Å². The van der Waals surface area contributed by atoms with Gasteiger partial charge < -0.3 is 15.0 Å². The molecule has 2 heterocycles. The van der Waals surface area contributed by atoms with E-state index in [0.29, 0.717) is 19.4 Å². The van der Waals surface area contributed by atoms with Gasteiger partial charge in [-0.15, -0.1) is 0 Å². The van der Waals surface area contributed by atoms with Crippen molar-refractivity contribution in [2.24, 2.45) is 5.41 Å². The molecule has 4 nitrogen and oxygen atoms in total. The summed E-state index contributed by atoms with van der Waals surface area (Å²) in [6.45, 7) is 1.56. The Morgan fingerprint density at radius 2 is 1.74 bits per heavy atom. The average Bonchev–Trinajstić information content (AvgIpc) is 2.82. The molecular formula is C25H26BrF5N2O2. The summed E-state index contributed by atoms with van der Waals surface area (Å²) in [5.74, 6) is -2.81. The van der Waals surface area contributed by atoms with Crippen molar-refractivity contribution < 1.29 is 31.5 Å². The highest BCUT2D eigenvalue weighted by Crippen LogP contribution is 2.50. The van der Waals surface area contributed by atoms with Crippen LogP contribution in [0.15, 0.2) is 46.9 Å². The molecule has 10 heteroatoms. The van der Waals surface area contributed by atoms with E-state index in [1.807, 2.05) is 0 Å².